The van der Waals surface area contributed by atoms with Gasteiger partial charge in [0.2, 0.25) is 5.91 Å². The number of aromatic nitrogens is 1. The molecule has 0 aliphatic carbocycles. The zero-order chi connectivity index (χ0) is 20.9. The van der Waals surface area contributed by atoms with Gasteiger partial charge in [0.15, 0.2) is 0 Å². The molecular weight excluding hydrogens is 391 g/mol. The highest BCUT2D eigenvalue weighted by Crippen LogP contribution is 2.36. The molecule has 4 rings (SSSR count). The van der Waals surface area contributed by atoms with Crippen LogP contribution in [0.5, 0.6) is 0 Å². The van der Waals surface area contributed by atoms with E-state index in [2.05, 4.69) is 6.07 Å². The lowest BCUT2D eigenvalue weighted by Crippen LogP contribution is -2.13. The van der Waals surface area contributed by atoms with Crippen LogP contribution in [0.25, 0.3) is 21.8 Å². The number of benzene rings is 3. The maximum Gasteiger partial charge on any atom is 0.416 e. The number of halogens is 5. The minimum absolute atomic E-state index is 0.0198. The molecule has 147 valence electrons. The third-order valence-corrected chi connectivity index (χ3v) is 4.74. The Bertz CT molecular complexity index is 1270. The van der Waals surface area contributed by atoms with Gasteiger partial charge in [-0.3, -0.25) is 4.79 Å². The van der Waals surface area contributed by atoms with Crippen molar-refractivity contribution in [2.75, 3.05) is 0 Å². The summed E-state index contributed by atoms with van der Waals surface area (Å²) in [4.78, 5) is 11.8. The number of hydrogen-bond donors (Lipinski definition) is 1. The molecule has 8 heteroatoms. The Morgan fingerprint density at radius 2 is 1.86 bits per heavy atom. The fraction of sp³-hybridized carbons (Fsp3) is 0.0952. The first-order valence-corrected chi connectivity index (χ1v) is 8.45. The van der Waals surface area contributed by atoms with Crippen LogP contribution in [0.2, 0.25) is 0 Å². The molecule has 0 atom stereocenters. The molecule has 0 aliphatic heterocycles. The Labute approximate surface area is 161 Å². The van der Waals surface area contributed by atoms with Gasteiger partial charge in [0, 0.05) is 22.9 Å². The van der Waals surface area contributed by atoms with Gasteiger partial charge in [0.25, 0.3) is 0 Å². The van der Waals surface area contributed by atoms with E-state index in [0.29, 0.717) is 17.0 Å². The Kier molecular flexibility index (Phi) is 4.29. The van der Waals surface area contributed by atoms with Gasteiger partial charge in [-0.1, -0.05) is 18.2 Å². The fourth-order valence-electron chi connectivity index (χ4n) is 3.56. The molecule has 1 aromatic heterocycles. The lowest BCUT2D eigenvalue weighted by atomic mass is 10.1. The van der Waals surface area contributed by atoms with Crippen LogP contribution in [-0.4, -0.2) is 10.5 Å². The van der Waals surface area contributed by atoms with Crippen LogP contribution in [-0.2, 0) is 12.7 Å². The average molecular weight is 403 g/mol. The molecule has 1 heterocycles. The average Bonchev–Trinajstić information content (AvgIpc) is 2.97. The van der Waals surface area contributed by atoms with Gasteiger partial charge >= 0.3 is 6.18 Å². The zero-order valence-corrected chi connectivity index (χ0v) is 14.6. The number of hydrogen-bond acceptors (Lipinski definition) is 1. The number of alkyl halides is 3. The Hall–Kier alpha value is -3.42. The number of nitrogens with two attached hydrogens (primary N) is 1. The van der Waals surface area contributed by atoms with Crippen LogP contribution < -0.4 is 5.73 Å². The molecule has 0 unspecified atom stereocenters. The second-order valence-corrected chi connectivity index (χ2v) is 6.50. The smallest absolute Gasteiger partial charge is 0.366 e. The Morgan fingerprint density at radius 1 is 1.10 bits per heavy atom. The predicted octanol–water partition coefficient (Wildman–Crippen LogP) is 5.04. The van der Waals surface area contributed by atoms with Crippen molar-refractivity contribution in [2.45, 2.75) is 12.7 Å². The largest absolute Gasteiger partial charge is 0.416 e. The second-order valence-electron chi connectivity index (χ2n) is 6.50. The van der Waals surface area contributed by atoms with Gasteiger partial charge < -0.3 is 10.3 Å². The Balaban J connectivity index is 2.05. The third kappa shape index (κ3) is 3.10. The van der Waals surface area contributed by atoms with Gasteiger partial charge in [0.1, 0.15) is 11.6 Å². The normalized spacial score (nSPS) is 12.0. The molecule has 1 amide bonds. The maximum atomic E-state index is 14.7. The zero-order valence-electron chi connectivity index (χ0n) is 14.6. The molecule has 3 aromatic carbocycles. The number of primary amides is 1. The summed E-state index contributed by atoms with van der Waals surface area (Å²) in [6.07, 6.45) is -4.79. The molecule has 3 nitrogen and oxygen atoms in total. The van der Waals surface area contributed by atoms with E-state index in [-0.39, 0.29) is 22.0 Å². The fourth-order valence-corrected chi connectivity index (χ4v) is 3.56. The third-order valence-electron chi connectivity index (χ3n) is 4.74. The van der Waals surface area contributed by atoms with Crippen molar-refractivity contribution in [3.8, 4) is 0 Å². The van der Waals surface area contributed by atoms with Crippen molar-refractivity contribution in [3.63, 3.8) is 0 Å². The van der Waals surface area contributed by atoms with Crippen molar-refractivity contribution in [3.05, 3.63) is 82.9 Å². The number of fused-ring (bicyclic) bond motifs is 3. The predicted molar refractivity (Wildman–Crippen MR) is 97.3 cm³/mol. The molecule has 2 N–H and O–H groups in total. The van der Waals surface area contributed by atoms with Gasteiger partial charge in [-0.25, -0.2) is 8.78 Å². The van der Waals surface area contributed by atoms with Crippen LogP contribution in [0, 0.1) is 17.7 Å². The van der Waals surface area contributed by atoms with Crippen LogP contribution in [0.15, 0.2) is 48.5 Å². The first-order valence-electron chi connectivity index (χ1n) is 8.45. The molecular formula is C21H12F5N2O. The standard InChI is InChI=1S/C21H12F5N2O/c22-12-8-7-11(15(9-12)21(24,25)26)10-28-17-6-2-4-14(20(27)29)18(17)13-3-1-5-16(23)19(13)28/h1-2,4-9H,10H2,(H2,27,29). The second kappa shape index (κ2) is 6.58. The number of amides is 1. The molecule has 0 saturated heterocycles. The molecule has 4 aromatic rings. The first kappa shape index (κ1) is 18.9. The van der Waals surface area contributed by atoms with Crippen LogP contribution >= 0.6 is 0 Å². The van der Waals surface area contributed by atoms with E-state index < -0.39 is 35.8 Å². The van der Waals surface area contributed by atoms with Gasteiger partial charge in [0.05, 0.1) is 16.6 Å². The van der Waals surface area contributed by atoms with E-state index in [9.17, 15) is 26.7 Å². The summed E-state index contributed by atoms with van der Waals surface area (Å²) in [6, 6.07) is 12.1. The first-order chi connectivity index (χ1) is 13.7. The Morgan fingerprint density at radius 3 is 2.55 bits per heavy atom. The van der Waals surface area contributed by atoms with E-state index in [1.165, 1.54) is 22.8 Å². The number of carbonyl (C=O) groups is 1. The molecule has 0 bridgehead atoms. The maximum absolute atomic E-state index is 14.7. The monoisotopic (exact) mass is 403 g/mol. The topological polar surface area (TPSA) is 48.0 Å². The molecule has 1 radical (unpaired) electrons. The molecule has 29 heavy (non-hydrogen) atoms. The van der Waals surface area contributed by atoms with E-state index >= 15 is 0 Å². The minimum atomic E-state index is -4.79. The highest BCUT2D eigenvalue weighted by atomic mass is 19.4. The highest BCUT2D eigenvalue weighted by molar-refractivity contribution is 6.17. The van der Waals surface area contributed by atoms with E-state index in [1.807, 2.05) is 0 Å². The van der Waals surface area contributed by atoms with Crippen molar-refractivity contribution < 1.29 is 26.7 Å². The van der Waals surface area contributed by atoms with Gasteiger partial charge in [-0.2, -0.15) is 13.2 Å². The van der Waals surface area contributed by atoms with Crippen molar-refractivity contribution >= 4 is 27.7 Å². The number of carbonyl (C=O) groups excluding carboxylic acids is 1. The van der Waals surface area contributed by atoms with Crippen LogP contribution in [0.3, 0.4) is 0 Å². The van der Waals surface area contributed by atoms with Crippen LogP contribution in [0.1, 0.15) is 21.5 Å². The summed E-state index contributed by atoms with van der Waals surface area (Å²) >= 11 is 0. The molecule has 0 fully saturated rings. The summed E-state index contributed by atoms with van der Waals surface area (Å²) in [5.41, 5.74) is 4.42. The summed E-state index contributed by atoms with van der Waals surface area (Å²) in [7, 11) is 0. The SMILES string of the molecule is NC(=O)c1cccc2c1c1[c]ccc(F)c1n2Cc1ccc(F)cc1C(F)(F)F. The van der Waals surface area contributed by atoms with Crippen molar-refractivity contribution in [2.24, 2.45) is 5.73 Å². The van der Waals surface area contributed by atoms with E-state index in [0.717, 1.165) is 18.2 Å². The van der Waals surface area contributed by atoms with Crippen molar-refractivity contribution in [1.82, 2.24) is 4.57 Å². The summed E-state index contributed by atoms with van der Waals surface area (Å²) < 4.78 is 69.7. The van der Waals surface area contributed by atoms with E-state index in [1.54, 1.807) is 6.07 Å². The summed E-state index contributed by atoms with van der Waals surface area (Å²) in [5.74, 6) is -2.48. The molecule has 0 spiro atoms. The van der Waals surface area contributed by atoms with Gasteiger partial charge in [-0.05, 0) is 42.0 Å². The lowest BCUT2D eigenvalue weighted by molar-refractivity contribution is -0.138. The highest BCUT2D eigenvalue weighted by Gasteiger charge is 2.34. The summed E-state index contributed by atoms with van der Waals surface area (Å²) in [6.45, 7) is -0.397. The lowest BCUT2D eigenvalue weighted by Gasteiger charge is -2.15. The number of rotatable bonds is 3. The van der Waals surface area contributed by atoms with E-state index in [4.69, 9.17) is 5.73 Å². The minimum Gasteiger partial charge on any atom is -0.366 e. The molecule has 0 aliphatic rings. The number of nitrogens with zero attached hydrogens (tertiary/aromatic N) is 1. The van der Waals surface area contributed by atoms with Crippen molar-refractivity contribution in [1.29, 1.82) is 0 Å². The van der Waals surface area contributed by atoms with Crippen LogP contribution in [0.4, 0.5) is 22.0 Å². The quantitative estimate of drug-likeness (QED) is 0.479. The van der Waals surface area contributed by atoms with Gasteiger partial charge in [-0.15, -0.1) is 0 Å². The molecule has 0 saturated carbocycles. The summed E-state index contributed by atoms with van der Waals surface area (Å²) in [5, 5.41) is 0.523.